The maximum atomic E-state index is 13.0. The zero-order chi connectivity index (χ0) is 38.7. The van der Waals surface area contributed by atoms with E-state index in [0.29, 0.717) is 17.2 Å². The zero-order valence-electron chi connectivity index (χ0n) is 30.5. The van der Waals surface area contributed by atoms with Crippen LogP contribution in [0.3, 0.4) is 0 Å². The average Bonchev–Trinajstić information content (AvgIpc) is 3.22. The zero-order valence-corrected chi connectivity index (χ0v) is 31.3. The molecule has 0 saturated carbocycles. The van der Waals surface area contributed by atoms with Crippen molar-refractivity contribution in [3.63, 3.8) is 0 Å². The minimum absolute atomic E-state index is 0.0638. The number of amides is 2. The van der Waals surface area contributed by atoms with Crippen LogP contribution in [0.15, 0.2) is 126 Å². The summed E-state index contributed by atoms with van der Waals surface area (Å²) in [6.45, 7) is 2.20. The van der Waals surface area contributed by atoms with E-state index in [1.807, 2.05) is 103 Å². The molecule has 55 heavy (non-hydrogen) atoms. The molecule has 0 radical (unpaired) electrons. The van der Waals surface area contributed by atoms with Crippen LogP contribution in [0.25, 0.3) is 11.1 Å². The molecular weight excluding hydrogens is 719 g/mol. The molecule has 1 aromatic heterocycles. The number of aliphatic hydroxyl groups excluding tert-OH is 1. The first-order valence-corrected chi connectivity index (χ1v) is 18.9. The van der Waals surface area contributed by atoms with Gasteiger partial charge in [-0.15, -0.1) is 11.8 Å². The van der Waals surface area contributed by atoms with E-state index in [0.717, 1.165) is 38.9 Å². The summed E-state index contributed by atoms with van der Waals surface area (Å²) in [4.78, 5) is 41.6. The number of aliphatic hydroxyl groups is 1. The van der Waals surface area contributed by atoms with Crippen molar-refractivity contribution in [1.82, 2.24) is 15.6 Å². The van der Waals surface area contributed by atoms with Crippen LogP contribution in [0.4, 0.5) is 4.79 Å². The molecule has 11 nitrogen and oxygen atoms in total. The van der Waals surface area contributed by atoms with Gasteiger partial charge in [0.15, 0.2) is 6.29 Å². The van der Waals surface area contributed by atoms with Gasteiger partial charge in [-0.05, 0) is 45.5 Å². The van der Waals surface area contributed by atoms with Gasteiger partial charge in [0.2, 0.25) is 0 Å². The standard InChI is InChI=1S/C43H43N3O8S/c1-27-37(26-55-39-35(40(48)49)13-8-22-44-39)53-42(54-38(27)31-16-14-29(25-47)15-17-31)32-20-18-30(19-21-32)34-12-7-6-11-33(34)24-45-43(51)46-36(41(50)52-2)23-28-9-4-3-5-10-28/h3-22,27,36-38,42,47H,23-26H2,1-2H3,(H,48,49)(H2,45,46,51). The fourth-order valence-electron chi connectivity index (χ4n) is 6.49. The second-order valence-electron chi connectivity index (χ2n) is 13.2. The number of hydrogen-bond donors (Lipinski definition) is 4. The third kappa shape index (κ3) is 9.97. The molecule has 1 saturated heterocycles. The van der Waals surface area contributed by atoms with Gasteiger partial charge in [0, 0.05) is 36.4 Å². The minimum atomic E-state index is -1.04. The molecule has 4 N–H and O–H groups in total. The second-order valence-corrected chi connectivity index (χ2v) is 14.2. The number of carbonyl (C=O) groups excluding carboxylic acids is 2. The summed E-state index contributed by atoms with van der Waals surface area (Å²) < 4.78 is 18.2. The Morgan fingerprint density at radius 2 is 1.56 bits per heavy atom. The number of esters is 1. The van der Waals surface area contributed by atoms with Crippen molar-refractivity contribution >= 4 is 29.7 Å². The number of pyridine rings is 1. The van der Waals surface area contributed by atoms with E-state index in [1.165, 1.54) is 18.9 Å². The Hall–Kier alpha value is -5.53. The summed E-state index contributed by atoms with van der Waals surface area (Å²) >= 11 is 1.34. The maximum Gasteiger partial charge on any atom is 0.338 e. The van der Waals surface area contributed by atoms with Crippen molar-refractivity contribution in [3.8, 4) is 11.1 Å². The monoisotopic (exact) mass is 761 g/mol. The molecule has 12 heteroatoms. The lowest BCUT2D eigenvalue weighted by molar-refractivity contribution is -0.268. The number of benzene rings is 4. The van der Waals surface area contributed by atoms with E-state index in [9.17, 15) is 24.6 Å². The molecule has 5 atom stereocenters. The van der Waals surface area contributed by atoms with E-state index in [1.54, 1.807) is 18.3 Å². The quantitative estimate of drug-likeness (QED) is 0.0680. The van der Waals surface area contributed by atoms with Crippen molar-refractivity contribution in [2.75, 3.05) is 12.9 Å². The number of thioether (sulfide) groups is 1. The van der Waals surface area contributed by atoms with E-state index in [-0.39, 0.29) is 36.8 Å². The predicted octanol–water partition coefficient (Wildman–Crippen LogP) is 7.11. The molecule has 0 bridgehead atoms. The third-order valence-corrected chi connectivity index (χ3v) is 10.6. The number of ether oxygens (including phenoxy) is 3. The molecule has 4 aromatic carbocycles. The Balaban J connectivity index is 1.17. The van der Waals surface area contributed by atoms with Gasteiger partial charge in [-0.3, -0.25) is 0 Å². The predicted molar refractivity (Wildman–Crippen MR) is 208 cm³/mol. The molecule has 5 unspecified atom stereocenters. The van der Waals surface area contributed by atoms with Crippen LogP contribution < -0.4 is 10.6 Å². The van der Waals surface area contributed by atoms with Crippen molar-refractivity contribution in [1.29, 1.82) is 0 Å². The van der Waals surface area contributed by atoms with Crippen LogP contribution in [0.5, 0.6) is 0 Å². The number of urea groups is 1. The topological polar surface area (TPSA) is 156 Å². The second kappa shape index (κ2) is 18.7. The van der Waals surface area contributed by atoms with Gasteiger partial charge in [0.1, 0.15) is 11.1 Å². The molecule has 1 aliphatic heterocycles. The summed E-state index contributed by atoms with van der Waals surface area (Å²) in [6.07, 6.45) is 0.488. The summed E-state index contributed by atoms with van der Waals surface area (Å²) in [7, 11) is 1.30. The number of aromatic nitrogens is 1. The van der Waals surface area contributed by atoms with E-state index >= 15 is 0 Å². The lowest BCUT2D eigenvalue weighted by atomic mass is 9.91. The van der Waals surface area contributed by atoms with E-state index in [4.69, 9.17) is 14.2 Å². The fraction of sp³-hybridized carbons (Fsp3) is 0.256. The van der Waals surface area contributed by atoms with Crippen molar-refractivity contribution in [3.05, 3.63) is 155 Å². The Bertz CT molecular complexity index is 2060. The number of nitrogens with one attached hydrogen (secondary N) is 2. The Labute approximate surface area is 324 Å². The van der Waals surface area contributed by atoms with Gasteiger partial charge in [-0.2, -0.15) is 0 Å². The van der Waals surface area contributed by atoms with Crippen LogP contribution in [0.2, 0.25) is 0 Å². The van der Waals surface area contributed by atoms with Gasteiger partial charge >= 0.3 is 18.0 Å². The van der Waals surface area contributed by atoms with Crippen LogP contribution in [0, 0.1) is 5.92 Å². The summed E-state index contributed by atoms with van der Waals surface area (Å²) in [6, 6.07) is 34.5. The smallest absolute Gasteiger partial charge is 0.338 e. The molecule has 6 rings (SSSR count). The highest BCUT2D eigenvalue weighted by Crippen LogP contribution is 2.43. The first-order chi connectivity index (χ1) is 26.7. The van der Waals surface area contributed by atoms with Crippen molar-refractivity contribution in [2.24, 2.45) is 5.92 Å². The van der Waals surface area contributed by atoms with Crippen LogP contribution in [-0.4, -0.2) is 58.2 Å². The lowest BCUT2D eigenvalue weighted by Gasteiger charge is -2.41. The third-order valence-electron chi connectivity index (χ3n) is 9.53. The highest BCUT2D eigenvalue weighted by molar-refractivity contribution is 7.99. The molecule has 0 aliphatic carbocycles. The van der Waals surface area contributed by atoms with Gasteiger partial charge in [0.05, 0.1) is 31.5 Å². The molecule has 2 heterocycles. The molecular formula is C43H43N3O8S. The normalized spacial score (nSPS) is 18.5. The van der Waals surface area contributed by atoms with Crippen LogP contribution in [-0.2, 0) is 38.6 Å². The SMILES string of the molecule is COC(=O)C(Cc1ccccc1)NC(=O)NCc1ccccc1-c1ccc(C2OC(CSc3ncccc3C(=O)O)C(C)C(c3ccc(CO)cc3)O2)cc1. The summed E-state index contributed by atoms with van der Waals surface area (Å²) in [5, 5.41) is 25.4. The summed E-state index contributed by atoms with van der Waals surface area (Å²) in [5.41, 5.74) is 6.28. The number of aromatic carboxylic acids is 1. The number of nitrogens with zero attached hydrogens (tertiary/aromatic N) is 1. The molecule has 5 aromatic rings. The maximum absolute atomic E-state index is 13.0. The minimum Gasteiger partial charge on any atom is -0.478 e. The van der Waals surface area contributed by atoms with Gasteiger partial charge in [-0.25, -0.2) is 19.4 Å². The average molecular weight is 762 g/mol. The molecule has 1 aliphatic rings. The number of carboxylic acids is 1. The summed E-state index contributed by atoms with van der Waals surface area (Å²) in [5.74, 6) is -1.22. The fourth-order valence-corrected chi connectivity index (χ4v) is 7.64. The highest BCUT2D eigenvalue weighted by atomic mass is 32.2. The highest BCUT2D eigenvalue weighted by Gasteiger charge is 2.38. The Morgan fingerprint density at radius 1 is 0.855 bits per heavy atom. The molecule has 2 amide bonds. The van der Waals surface area contributed by atoms with Crippen molar-refractivity contribution < 1.29 is 38.8 Å². The van der Waals surface area contributed by atoms with Gasteiger partial charge < -0.3 is 35.1 Å². The van der Waals surface area contributed by atoms with E-state index in [2.05, 4.69) is 22.5 Å². The van der Waals surface area contributed by atoms with Crippen LogP contribution >= 0.6 is 11.8 Å². The van der Waals surface area contributed by atoms with Crippen molar-refractivity contribution in [2.45, 2.75) is 56.1 Å². The Morgan fingerprint density at radius 3 is 2.27 bits per heavy atom. The molecule has 1 fully saturated rings. The molecule has 0 spiro atoms. The van der Waals surface area contributed by atoms with Crippen LogP contribution in [0.1, 0.15) is 57.5 Å². The Kier molecular flexibility index (Phi) is 13.3. The lowest BCUT2D eigenvalue weighted by Crippen LogP contribution is -2.47. The number of rotatable bonds is 14. The van der Waals surface area contributed by atoms with Gasteiger partial charge in [-0.1, -0.05) is 110 Å². The largest absolute Gasteiger partial charge is 0.478 e. The first-order valence-electron chi connectivity index (χ1n) is 17.9. The first kappa shape index (κ1) is 39.2. The number of carboxylic acid groups (broad SMARTS) is 1. The van der Waals surface area contributed by atoms with E-state index < -0.39 is 30.3 Å². The van der Waals surface area contributed by atoms with Gasteiger partial charge in [0.25, 0.3) is 0 Å². The number of carbonyl (C=O) groups is 3. The number of hydrogen-bond acceptors (Lipinski definition) is 9. The number of methoxy groups -OCH3 is 1. The molecule has 284 valence electrons.